The van der Waals surface area contributed by atoms with Crippen molar-refractivity contribution in [1.29, 1.82) is 0 Å². The average molecular weight is 1240 g/mol. The zero-order chi connectivity index (χ0) is 63.3. The van der Waals surface area contributed by atoms with Crippen LogP contribution < -0.4 is 10.6 Å². The van der Waals surface area contributed by atoms with Gasteiger partial charge in [-0.1, -0.05) is 179 Å². The lowest BCUT2D eigenvalue weighted by Crippen LogP contribution is -2.70. The number of aliphatic hydroxyl groups is 11. The molecule has 3 heterocycles. The standard InChI is InChI=1S/C63H114N2O21/c1-4-6-8-10-12-14-15-16-17-18-19-20-21-22-23-24-25-26-27-29-31-33-35-37-50(73)65-44(45(70)36-34-32-30-28-13-11-9-7-5-2)42-81-60-55(77)54(76)57(49(41-68)83-60)84-61-56(78)59(53(75)48(40-67)82-61)86-63(62(79)80)38-46(71)51(64-43(3)69)58(85-63)52(74)47(72)39-66/h19-20,22-23,44-49,51-61,66-68,70-72,74-78H,4-18,21,24-42H2,1-3H3,(H,64,69)(H,65,73)(H,79,80)/b20-19-,23-22-. The summed E-state index contributed by atoms with van der Waals surface area (Å²) in [6.45, 7) is 2.14. The Morgan fingerprint density at radius 3 is 1.63 bits per heavy atom. The Bertz CT molecular complexity index is 1850. The SMILES string of the molecule is CCCCCCCCCCC/C=C\C/C=C\CCCCCCCCCC(=O)NC(COC1OC(CO)C(OC2OC(CO)C(O)C(OC3(C(=O)O)CC(O)C(NC(C)=O)C(C(O)C(O)CO)O3)C2O)C(O)C1O)C(O)CCCCCCCCCCC. The molecular weight excluding hydrogens is 1120 g/mol. The van der Waals surface area contributed by atoms with Crippen LogP contribution >= 0.6 is 0 Å². The molecule has 502 valence electrons. The number of rotatable bonds is 48. The molecule has 0 radical (unpaired) electrons. The minimum atomic E-state index is -3.08. The van der Waals surface area contributed by atoms with E-state index in [0.717, 1.165) is 90.4 Å². The molecule has 18 atom stereocenters. The number of carboxylic acid groups (broad SMARTS) is 1. The van der Waals surface area contributed by atoms with Crippen LogP contribution in [0.15, 0.2) is 24.3 Å². The molecular formula is C63H114N2O21. The Labute approximate surface area is 511 Å². The van der Waals surface area contributed by atoms with Gasteiger partial charge >= 0.3 is 5.97 Å². The van der Waals surface area contributed by atoms with Gasteiger partial charge in [0.25, 0.3) is 5.79 Å². The second-order valence-corrected chi connectivity index (χ2v) is 24.0. The highest BCUT2D eigenvalue weighted by atomic mass is 16.8. The number of aliphatic carboxylic acids is 1. The van der Waals surface area contributed by atoms with E-state index in [1.807, 2.05) is 0 Å². The van der Waals surface area contributed by atoms with Crippen molar-refractivity contribution in [2.24, 2.45) is 0 Å². The van der Waals surface area contributed by atoms with Gasteiger partial charge in [0.15, 0.2) is 12.6 Å². The normalized spacial score (nSPS) is 29.5. The van der Waals surface area contributed by atoms with Crippen molar-refractivity contribution in [1.82, 2.24) is 10.6 Å². The van der Waals surface area contributed by atoms with Gasteiger partial charge in [-0.2, -0.15) is 0 Å². The number of aliphatic hydroxyl groups excluding tert-OH is 11. The fourth-order valence-corrected chi connectivity index (χ4v) is 11.4. The number of carboxylic acids is 1. The fourth-order valence-electron chi connectivity index (χ4n) is 11.4. The fraction of sp³-hybridized carbons (Fsp3) is 0.889. The van der Waals surface area contributed by atoms with E-state index in [2.05, 4.69) is 48.8 Å². The van der Waals surface area contributed by atoms with Crippen LogP contribution in [0.5, 0.6) is 0 Å². The van der Waals surface area contributed by atoms with Gasteiger partial charge in [0.05, 0.1) is 50.7 Å². The third-order valence-electron chi connectivity index (χ3n) is 16.7. The largest absolute Gasteiger partial charge is 0.477 e. The lowest BCUT2D eigenvalue weighted by atomic mass is 9.88. The van der Waals surface area contributed by atoms with Crippen LogP contribution in [0.25, 0.3) is 0 Å². The predicted octanol–water partition coefficient (Wildman–Crippen LogP) is 4.50. The van der Waals surface area contributed by atoms with E-state index in [1.165, 1.54) is 83.5 Å². The number of unbranched alkanes of at least 4 members (excludes halogenated alkanes) is 24. The Morgan fingerprint density at radius 2 is 1.12 bits per heavy atom. The van der Waals surface area contributed by atoms with Crippen molar-refractivity contribution >= 4 is 17.8 Å². The minimum absolute atomic E-state index is 0.214. The summed E-state index contributed by atoms with van der Waals surface area (Å²) >= 11 is 0. The number of ether oxygens (including phenoxy) is 6. The Morgan fingerprint density at radius 1 is 0.605 bits per heavy atom. The first-order valence-corrected chi connectivity index (χ1v) is 32.7. The summed E-state index contributed by atoms with van der Waals surface area (Å²) in [4.78, 5) is 38.4. The van der Waals surface area contributed by atoms with E-state index in [-0.39, 0.29) is 18.9 Å². The molecule has 86 heavy (non-hydrogen) atoms. The molecule has 3 fully saturated rings. The summed E-state index contributed by atoms with van der Waals surface area (Å²) in [6.07, 6.45) is 12.2. The highest BCUT2D eigenvalue weighted by molar-refractivity contribution is 5.77. The van der Waals surface area contributed by atoms with Gasteiger partial charge in [0.2, 0.25) is 11.8 Å². The number of nitrogens with one attached hydrogen (secondary N) is 2. The molecule has 23 nitrogen and oxygen atoms in total. The van der Waals surface area contributed by atoms with E-state index in [1.54, 1.807) is 0 Å². The lowest BCUT2D eigenvalue weighted by molar-refractivity contribution is -0.386. The summed E-state index contributed by atoms with van der Waals surface area (Å²) in [7, 11) is 0. The van der Waals surface area contributed by atoms with E-state index < -0.39 is 148 Å². The molecule has 0 aromatic rings. The number of hydrogen-bond acceptors (Lipinski definition) is 20. The van der Waals surface area contributed by atoms with Gasteiger partial charge in [-0.15, -0.1) is 0 Å². The highest BCUT2D eigenvalue weighted by Crippen LogP contribution is 2.38. The second kappa shape index (κ2) is 44.6. The molecule has 23 heteroatoms. The number of carbonyl (C=O) groups is 3. The van der Waals surface area contributed by atoms with Crippen molar-refractivity contribution in [3.8, 4) is 0 Å². The first-order valence-electron chi connectivity index (χ1n) is 32.7. The molecule has 0 saturated carbocycles. The van der Waals surface area contributed by atoms with Crippen LogP contribution in [0.3, 0.4) is 0 Å². The van der Waals surface area contributed by atoms with Gasteiger partial charge in [-0.25, -0.2) is 4.79 Å². The predicted molar refractivity (Wildman–Crippen MR) is 320 cm³/mol. The van der Waals surface area contributed by atoms with Crippen molar-refractivity contribution < 1.29 is 104 Å². The number of carbonyl (C=O) groups excluding carboxylic acids is 2. The smallest absolute Gasteiger partial charge is 0.364 e. The van der Waals surface area contributed by atoms with Crippen LogP contribution in [0.1, 0.15) is 220 Å². The molecule has 18 unspecified atom stereocenters. The van der Waals surface area contributed by atoms with Gasteiger partial charge < -0.3 is 100 Å². The summed E-state index contributed by atoms with van der Waals surface area (Å²) in [5, 5.41) is 136. The second-order valence-electron chi connectivity index (χ2n) is 24.0. The topological polar surface area (TPSA) is 373 Å². The van der Waals surface area contributed by atoms with Crippen molar-refractivity contribution in [3.63, 3.8) is 0 Å². The first kappa shape index (κ1) is 77.5. The molecule has 3 saturated heterocycles. The summed E-state index contributed by atoms with van der Waals surface area (Å²) in [5.41, 5.74) is 0. The van der Waals surface area contributed by atoms with Crippen LogP contribution in [0, 0.1) is 0 Å². The maximum absolute atomic E-state index is 13.4. The van der Waals surface area contributed by atoms with E-state index >= 15 is 0 Å². The number of amides is 2. The Balaban J connectivity index is 1.57. The number of hydrogen-bond donors (Lipinski definition) is 14. The zero-order valence-electron chi connectivity index (χ0n) is 51.9. The van der Waals surface area contributed by atoms with Crippen LogP contribution in [0.4, 0.5) is 0 Å². The molecule has 2 amide bonds. The molecule has 3 aliphatic rings. The highest BCUT2D eigenvalue weighted by Gasteiger charge is 2.60. The van der Waals surface area contributed by atoms with E-state index in [0.29, 0.717) is 19.3 Å². The summed E-state index contributed by atoms with van der Waals surface area (Å²) in [6, 6.07) is -2.53. The summed E-state index contributed by atoms with van der Waals surface area (Å²) in [5.74, 6) is -6.11. The van der Waals surface area contributed by atoms with Gasteiger partial charge in [-0.3, -0.25) is 9.59 Å². The van der Waals surface area contributed by atoms with Gasteiger partial charge in [0, 0.05) is 19.8 Å². The molecule has 0 spiro atoms. The third-order valence-corrected chi connectivity index (χ3v) is 16.7. The van der Waals surface area contributed by atoms with Crippen molar-refractivity contribution in [2.45, 2.75) is 330 Å². The Hall–Kier alpha value is -2.79. The van der Waals surface area contributed by atoms with Crippen LogP contribution in [0.2, 0.25) is 0 Å². The monoisotopic (exact) mass is 1230 g/mol. The average Bonchev–Trinajstić information content (AvgIpc) is 0.927. The van der Waals surface area contributed by atoms with E-state index in [4.69, 9.17) is 28.4 Å². The molecule has 3 aliphatic heterocycles. The summed E-state index contributed by atoms with van der Waals surface area (Å²) < 4.78 is 34.7. The lowest BCUT2D eigenvalue weighted by Gasteiger charge is -2.50. The maximum atomic E-state index is 13.4. The molecule has 0 aromatic carbocycles. The zero-order valence-corrected chi connectivity index (χ0v) is 51.9. The quantitative estimate of drug-likeness (QED) is 0.0294. The maximum Gasteiger partial charge on any atom is 0.364 e. The third kappa shape index (κ3) is 27.8. The van der Waals surface area contributed by atoms with Crippen molar-refractivity contribution in [3.05, 3.63) is 24.3 Å². The molecule has 0 bridgehead atoms. The molecule has 14 N–H and O–H groups in total. The number of allylic oxidation sites excluding steroid dienone is 4. The van der Waals surface area contributed by atoms with E-state index in [9.17, 15) is 75.7 Å². The Kier molecular flexibility index (Phi) is 40.2. The molecule has 0 aliphatic carbocycles. The molecule has 3 rings (SSSR count). The van der Waals surface area contributed by atoms with Crippen LogP contribution in [-0.2, 0) is 42.8 Å². The minimum Gasteiger partial charge on any atom is -0.477 e. The first-order chi connectivity index (χ1) is 41.4. The van der Waals surface area contributed by atoms with Gasteiger partial charge in [0.1, 0.15) is 67.1 Å². The molecule has 0 aromatic heterocycles. The van der Waals surface area contributed by atoms with Crippen molar-refractivity contribution in [2.75, 3.05) is 26.4 Å². The van der Waals surface area contributed by atoms with Crippen LogP contribution in [-0.4, -0.2) is 215 Å². The van der Waals surface area contributed by atoms with Gasteiger partial charge in [-0.05, 0) is 44.9 Å².